The second kappa shape index (κ2) is 7.47. The van der Waals surface area contributed by atoms with Crippen molar-refractivity contribution in [3.8, 4) is 0 Å². The predicted octanol–water partition coefficient (Wildman–Crippen LogP) is 1.15. The number of ether oxygens (including phenoxy) is 3. The molecule has 0 aliphatic carbocycles. The van der Waals surface area contributed by atoms with E-state index in [1.807, 2.05) is 0 Å². The fraction of sp³-hybridized carbons (Fsp3) is 0.769. The highest BCUT2D eigenvalue weighted by Crippen LogP contribution is 2.35. The minimum Gasteiger partial charge on any atom is -0.465 e. The van der Waals surface area contributed by atoms with Crippen LogP contribution in [-0.2, 0) is 28.6 Å². The van der Waals surface area contributed by atoms with E-state index >= 15 is 0 Å². The Bertz CT molecular complexity index is 363. The molecule has 20 heavy (non-hydrogen) atoms. The molecular weight excluding hydrogens is 288 g/mol. The van der Waals surface area contributed by atoms with E-state index in [4.69, 9.17) is 25.8 Å². The van der Waals surface area contributed by atoms with Gasteiger partial charge in [-0.2, -0.15) is 0 Å². The summed E-state index contributed by atoms with van der Waals surface area (Å²) in [5.41, 5.74) is 0. The van der Waals surface area contributed by atoms with Gasteiger partial charge in [-0.15, -0.1) is 11.6 Å². The van der Waals surface area contributed by atoms with E-state index in [0.29, 0.717) is 0 Å². The zero-order valence-electron chi connectivity index (χ0n) is 11.8. The third-order valence-corrected chi connectivity index (χ3v) is 3.51. The van der Waals surface area contributed by atoms with Crippen LogP contribution in [0.1, 0.15) is 20.8 Å². The molecule has 0 saturated carbocycles. The van der Waals surface area contributed by atoms with Crippen LogP contribution in [0.25, 0.3) is 0 Å². The molecule has 0 aromatic heterocycles. The fourth-order valence-electron chi connectivity index (χ4n) is 2.21. The van der Waals surface area contributed by atoms with Crippen LogP contribution in [0.5, 0.6) is 0 Å². The van der Waals surface area contributed by atoms with Crippen molar-refractivity contribution in [3.63, 3.8) is 0 Å². The van der Waals surface area contributed by atoms with Gasteiger partial charge in [0.1, 0.15) is 0 Å². The van der Waals surface area contributed by atoms with Gasteiger partial charge >= 0.3 is 17.9 Å². The topological polar surface area (TPSA) is 78.9 Å². The second-order valence-corrected chi connectivity index (χ2v) is 5.17. The Morgan fingerprint density at radius 2 is 1.80 bits per heavy atom. The molecule has 1 rings (SSSR count). The summed E-state index contributed by atoms with van der Waals surface area (Å²) in [6, 6.07) is 0. The zero-order chi connectivity index (χ0) is 15.3. The van der Waals surface area contributed by atoms with Crippen molar-refractivity contribution in [2.24, 2.45) is 17.8 Å². The Morgan fingerprint density at radius 1 is 1.30 bits per heavy atom. The maximum absolute atomic E-state index is 12.0. The van der Waals surface area contributed by atoms with Crippen LogP contribution in [0.4, 0.5) is 0 Å². The average Bonchev–Trinajstić information content (AvgIpc) is 2.73. The van der Waals surface area contributed by atoms with Crippen LogP contribution in [0.3, 0.4) is 0 Å². The fourth-order valence-corrected chi connectivity index (χ4v) is 2.44. The van der Waals surface area contributed by atoms with Crippen LogP contribution in [0.15, 0.2) is 0 Å². The Kier molecular flexibility index (Phi) is 6.26. The van der Waals surface area contributed by atoms with Gasteiger partial charge in [0, 0.05) is 11.3 Å². The quantitative estimate of drug-likeness (QED) is 0.317. The minimum absolute atomic E-state index is 0.0868. The van der Waals surface area contributed by atoms with Crippen LogP contribution in [0, 0.1) is 17.8 Å². The van der Waals surface area contributed by atoms with Gasteiger partial charge in [0.25, 0.3) is 0 Å². The molecular formula is C13H19ClO6. The Morgan fingerprint density at radius 3 is 2.20 bits per heavy atom. The lowest BCUT2D eigenvalue weighted by molar-refractivity contribution is -0.168. The van der Waals surface area contributed by atoms with Crippen LogP contribution in [0.2, 0.25) is 0 Å². The van der Waals surface area contributed by atoms with Gasteiger partial charge in [-0.1, -0.05) is 0 Å². The Balaban J connectivity index is 3.04. The van der Waals surface area contributed by atoms with Gasteiger partial charge in [0.2, 0.25) is 0 Å². The monoisotopic (exact) mass is 306 g/mol. The van der Waals surface area contributed by atoms with E-state index in [2.05, 4.69) is 0 Å². The van der Waals surface area contributed by atoms with E-state index in [1.54, 1.807) is 20.8 Å². The Labute approximate surface area is 122 Å². The van der Waals surface area contributed by atoms with Gasteiger partial charge in [-0.25, -0.2) is 0 Å². The lowest BCUT2D eigenvalue weighted by atomic mass is 9.81. The molecule has 3 atom stereocenters. The molecule has 1 fully saturated rings. The maximum atomic E-state index is 12.0. The maximum Gasteiger partial charge on any atom is 0.321 e. The summed E-state index contributed by atoms with van der Waals surface area (Å²) in [5, 5.41) is -0.419. The van der Waals surface area contributed by atoms with Crippen molar-refractivity contribution in [3.05, 3.63) is 0 Å². The van der Waals surface area contributed by atoms with Gasteiger partial charge in [0.05, 0.1) is 25.7 Å². The van der Waals surface area contributed by atoms with Crippen LogP contribution in [-0.4, -0.2) is 43.1 Å². The van der Waals surface area contributed by atoms with Crippen molar-refractivity contribution >= 4 is 29.5 Å². The summed E-state index contributed by atoms with van der Waals surface area (Å²) in [6.07, 6.45) is 0. The first kappa shape index (κ1) is 16.8. The molecule has 0 aromatic carbocycles. The molecule has 6 nitrogen and oxygen atoms in total. The molecule has 1 aliphatic heterocycles. The number of carbonyl (C=O) groups excluding carboxylic acids is 3. The number of hydrogen-bond acceptors (Lipinski definition) is 6. The molecule has 1 aliphatic rings. The number of halogens is 1. The third-order valence-electron chi connectivity index (χ3n) is 3.18. The molecule has 114 valence electrons. The molecule has 0 spiro atoms. The highest BCUT2D eigenvalue weighted by Gasteiger charge is 2.51. The van der Waals surface area contributed by atoms with Gasteiger partial charge in [-0.05, 0) is 20.8 Å². The molecule has 0 radical (unpaired) electrons. The lowest BCUT2D eigenvalue weighted by Crippen LogP contribution is -2.41. The summed E-state index contributed by atoms with van der Waals surface area (Å²) in [6.45, 7) is 5.23. The first-order chi connectivity index (χ1) is 9.43. The van der Waals surface area contributed by atoms with Gasteiger partial charge in [-0.3, -0.25) is 14.4 Å². The smallest absolute Gasteiger partial charge is 0.321 e. The first-order valence-electron chi connectivity index (χ1n) is 6.57. The first-order valence-corrected chi connectivity index (χ1v) is 7.01. The van der Waals surface area contributed by atoms with Crippen molar-refractivity contribution in [1.29, 1.82) is 0 Å². The molecule has 0 bridgehead atoms. The largest absolute Gasteiger partial charge is 0.465 e. The van der Waals surface area contributed by atoms with Crippen molar-refractivity contribution < 1.29 is 28.6 Å². The number of hydrogen-bond donors (Lipinski definition) is 0. The predicted molar refractivity (Wildman–Crippen MR) is 70.0 cm³/mol. The molecule has 1 heterocycles. The number of esters is 3. The highest BCUT2D eigenvalue weighted by molar-refractivity contribution is 6.20. The van der Waals surface area contributed by atoms with Crippen molar-refractivity contribution in [2.75, 3.05) is 19.8 Å². The summed E-state index contributed by atoms with van der Waals surface area (Å²) < 4.78 is 14.7. The summed E-state index contributed by atoms with van der Waals surface area (Å²) in [5.74, 6) is -4.89. The van der Waals surface area contributed by atoms with Gasteiger partial charge in [0.15, 0.2) is 5.92 Å². The van der Waals surface area contributed by atoms with Crippen molar-refractivity contribution in [2.45, 2.75) is 26.1 Å². The van der Waals surface area contributed by atoms with E-state index in [9.17, 15) is 14.4 Å². The molecule has 1 saturated heterocycles. The number of cyclic esters (lactones) is 1. The van der Waals surface area contributed by atoms with Crippen LogP contribution < -0.4 is 0 Å². The van der Waals surface area contributed by atoms with Gasteiger partial charge < -0.3 is 14.2 Å². The number of carbonyl (C=O) groups is 3. The standard InChI is InChI=1S/C13H19ClO6/c1-4-18-12(16)10(13(17)19-5-2)9-8(7(3)14)6-20-11(9)15/h7-10H,4-6H2,1-3H3/t7?,8-,9+/m0/s1. The van der Waals surface area contributed by atoms with E-state index in [0.717, 1.165) is 0 Å². The van der Waals surface area contributed by atoms with Crippen LogP contribution >= 0.6 is 11.6 Å². The zero-order valence-corrected chi connectivity index (χ0v) is 12.5. The molecule has 0 N–H and O–H groups in total. The lowest BCUT2D eigenvalue weighted by Gasteiger charge is -2.23. The average molecular weight is 307 g/mol. The number of rotatable bonds is 6. The normalized spacial score (nSPS) is 23.4. The molecule has 1 unspecified atom stereocenters. The molecule has 0 aromatic rings. The van der Waals surface area contributed by atoms with E-state index in [-0.39, 0.29) is 19.8 Å². The Hall–Kier alpha value is -1.30. The highest BCUT2D eigenvalue weighted by atomic mass is 35.5. The van der Waals surface area contributed by atoms with E-state index in [1.165, 1.54) is 0 Å². The summed E-state index contributed by atoms with van der Waals surface area (Å²) in [4.78, 5) is 35.8. The second-order valence-electron chi connectivity index (χ2n) is 4.48. The number of alkyl halides is 1. The molecule has 0 amide bonds. The summed E-state index contributed by atoms with van der Waals surface area (Å²) in [7, 11) is 0. The minimum atomic E-state index is -1.32. The third kappa shape index (κ3) is 3.62. The SMILES string of the molecule is CCOC(=O)C(C(=O)OCC)[C@@H]1C(=O)OC[C@H]1C(C)Cl. The van der Waals surface area contributed by atoms with E-state index < -0.39 is 41.0 Å². The van der Waals surface area contributed by atoms with Crippen molar-refractivity contribution in [1.82, 2.24) is 0 Å². The summed E-state index contributed by atoms with van der Waals surface area (Å²) >= 11 is 6.02. The molecule has 7 heteroatoms.